The maximum atomic E-state index is 11.9. The molecule has 0 aliphatic heterocycles. The molecule has 3 nitrogen and oxygen atoms in total. The first-order valence-corrected chi connectivity index (χ1v) is 5.70. The molecule has 2 aliphatic rings. The highest BCUT2D eigenvalue weighted by Crippen LogP contribution is 2.52. The van der Waals surface area contributed by atoms with Gasteiger partial charge in [0.15, 0.2) is 0 Å². The van der Waals surface area contributed by atoms with Crippen LogP contribution in [-0.4, -0.2) is 18.9 Å². The molecule has 84 valence electrons. The number of hydrogen-bond acceptors (Lipinski definition) is 3. The Morgan fingerprint density at radius 3 is 2.87 bits per heavy atom. The molecular formula is C12H18O3. The van der Waals surface area contributed by atoms with Crippen LogP contribution in [-0.2, 0) is 14.3 Å². The minimum absolute atomic E-state index is 0.0415. The van der Waals surface area contributed by atoms with E-state index in [1.165, 1.54) is 7.11 Å². The summed E-state index contributed by atoms with van der Waals surface area (Å²) in [5.74, 6) is 0.414. The molecule has 0 radical (unpaired) electrons. The van der Waals surface area contributed by atoms with Crippen LogP contribution in [0.25, 0.3) is 0 Å². The summed E-state index contributed by atoms with van der Waals surface area (Å²) < 4.78 is 4.83. The van der Waals surface area contributed by atoms with Crippen molar-refractivity contribution in [2.75, 3.05) is 7.11 Å². The van der Waals surface area contributed by atoms with Gasteiger partial charge < -0.3 is 4.74 Å². The Bertz CT molecular complexity index is 297. The van der Waals surface area contributed by atoms with E-state index in [-0.39, 0.29) is 23.2 Å². The number of carbonyl (C=O) groups excluding carboxylic acids is 2. The summed E-state index contributed by atoms with van der Waals surface area (Å²) in [4.78, 5) is 23.5. The van der Waals surface area contributed by atoms with Gasteiger partial charge in [-0.3, -0.25) is 9.59 Å². The van der Waals surface area contributed by atoms with Crippen LogP contribution >= 0.6 is 0 Å². The Hall–Kier alpha value is -0.860. The van der Waals surface area contributed by atoms with Crippen molar-refractivity contribution in [1.82, 2.24) is 0 Å². The van der Waals surface area contributed by atoms with Crippen LogP contribution in [0.4, 0.5) is 0 Å². The van der Waals surface area contributed by atoms with E-state index in [0.29, 0.717) is 18.6 Å². The van der Waals surface area contributed by atoms with Gasteiger partial charge in [-0.1, -0.05) is 13.3 Å². The normalized spacial score (nSPS) is 40.0. The lowest BCUT2D eigenvalue weighted by atomic mass is 9.64. The molecule has 2 aliphatic carbocycles. The number of esters is 1. The maximum Gasteiger partial charge on any atom is 0.308 e. The number of fused-ring (bicyclic) bond motifs is 1. The lowest BCUT2D eigenvalue weighted by Crippen LogP contribution is -2.43. The Morgan fingerprint density at radius 2 is 2.20 bits per heavy atom. The van der Waals surface area contributed by atoms with Gasteiger partial charge in [-0.2, -0.15) is 0 Å². The number of ketones is 1. The smallest absolute Gasteiger partial charge is 0.308 e. The van der Waals surface area contributed by atoms with Crippen LogP contribution in [0.3, 0.4) is 0 Å². The first kappa shape index (κ1) is 10.7. The molecule has 0 aromatic rings. The SMILES string of the molecule is COC(=O)[C@H]1CCC(=O)[C@@]2(C)CCC[C@H]12. The van der Waals surface area contributed by atoms with E-state index in [2.05, 4.69) is 0 Å². The van der Waals surface area contributed by atoms with Gasteiger partial charge in [-0.05, 0) is 25.2 Å². The van der Waals surface area contributed by atoms with Crippen molar-refractivity contribution >= 4 is 11.8 Å². The summed E-state index contributed by atoms with van der Waals surface area (Å²) >= 11 is 0. The number of carbonyl (C=O) groups is 2. The number of ether oxygens (including phenoxy) is 1. The zero-order chi connectivity index (χ0) is 11.1. The zero-order valence-corrected chi connectivity index (χ0v) is 9.41. The molecule has 2 fully saturated rings. The predicted octanol–water partition coefficient (Wildman–Crippen LogP) is 1.94. The third kappa shape index (κ3) is 1.48. The number of hydrogen-bond donors (Lipinski definition) is 0. The van der Waals surface area contributed by atoms with Gasteiger partial charge >= 0.3 is 5.97 Å². The summed E-state index contributed by atoms with van der Waals surface area (Å²) in [6.07, 6.45) is 4.25. The standard InChI is InChI=1S/C12H18O3/c1-12-7-3-4-9(12)8(11(14)15-2)5-6-10(12)13/h8-9H,3-7H2,1-2H3/t8-,9+,12-/m0/s1. The molecule has 3 atom stereocenters. The molecule has 0 N–H and O–H groups in total. The van der Waals surface area contributed by atoms with E-state index >= 15 is 0 Å². The Labute approximate surface area is 90.2 Å². The van der Waals surface area contributed by atoms with Crippen LogP contribution in [0.1, 0.15) is 39.0 Å². The zero-order valence-electron chi connectivity index (χ0n) is 9.41. The molecule has 15 heavy (non-hydrogen) atoms. The summed E-state index contributed by atoms with van der Waals surface area (Å²) in [5.41, 5.74) is -0.239. The molecule has 0 spiro atoms. The van der Waals surface area contributed by atoms with Crippen LogP contribution in [0.2, 0.25) is 0 Å². The second-order valence-corrected chi connectivity index (χ2v) is 5.01. The van der Waals surface area contributed by atoms with Crippen LogP contribution in [0, 0.1) is 17.3 Å². The van der Waals surface area contributed by atoms with Crippen molar-refractivity contribution in [2.45, 2.75) is 39.0 Å². The number of methoxy groups -OCH3 is 1. The van der Waals surface area contributed by atoms with Gasteiger partial charge in [0.2, 0.25) is 0 Å². The van der Waals surface area contributed by atoms with E-state index in [0.717, 1.165) is 19.3 Å². The summed E-state index contributed by atoms with van der Waals surface area (Å²) in [5, 5.41) is 0. The first-order valence-electron chi connectivity index (χ1n) is 5.70. The highest BCUT2D eigenvalue weighted by molar-refractivity contribution is 5.88. The third-order valence-corrected chi connectivity index (χ3v) is 4.34. The highest BCUT2D eigenvalue weighted by Gasteiger charge is 2.52. The summed E-state index contributed by atoms with van der Waals surface area (Å²) in [6, 6.07) is 0. The Kier molecular flexibility index (Phi) is 2.57. The van der Waals surface area contributed by atoms with Gasteiger partial charge in [0.1, 0.15) is 5.78 Å². The van der Waals surface area contributed by atoms with Crippen LogP contribution < -0.4 is 0 Å². The molecule has 0 aromatic heterocycles. The van der Waals surface area contributed by atoms with E-state index in [1.54, 1.807) is 0 Å². The largest absolute Gasteiger partial charge is 0.469 e. The molecular weight excluding hydrogens is 192 g/mol. The van der Waals surface area contributed by atoms with Gasteiger partial charge in [0.05, 0.1) is 13.0 Å². The van der Waals surface area contributed by atoms with Crippen LogP contribution in [0.15, 0.2) is 0 Å². The van der Waals surface area contributed by atoms with Gasteiger partial charge in [-0.15, -0.1) is 0 Å². The molecule has 0 unspecified atom stereocenters. The fourth-order valence-electron chi connectivity index (χ4n) is 3.39. The van der Waals surface area contributed by atoms with Crippen molar-refractivity contribution in [3.05, 3.63) is 0 Å². The predicted molar refractivity (Wildman–Crippen MR) is 55.2 cm³/mol. The topological polar surface area (TPSA) is 43.4 Å². The van der Waals surface area contributed by atoms with Crippen LogP contribution in [0.5, 0.6) is 0 Å². The molecule has 2 saturated carbocycles. The number of rotatable bonds is 1. The van der Waals surface area contributed by atoms with Crippen molar-refractivity contribution in [1.29, 1.82) is 0 Å². The van der Waals surface area contributed by atoms with Gasteiger partial charge in [0.25, 0.3) is 0 Å². The van der Waals surface area contributed by atoms with E-state index in [9.17, 15) is 9.59 Å². The average molecular weight is 210 g/mol. The Balaban J connectivity index is 2.24. The van der Waals surface area contributed by atoms with Gasteiger partial charge in [-0.25, -0.2) is 0 Å². The monoisotopic (exact) mass is 210 g/mol. The molecule has 0 heterocycles. The minimum atomic E-state index is -0.239. The second kappa shape index (κ2) is 3.62. The van der Waals surface area contributed by atoms with Crippen molar-refractivity contribution in [3.8, 4) is 0 Å². The van der Waals surface area contributed by atoms with E-state index in [1.807, 2.05) is 6.92 Å². The lowest BCUT2D eigenvalue weighted by molar-refractivity contribution is -0.154. The van der Waals surface area contributed by atoms with Crippen molar-refractivity contribution < 1.29 is 14.3 Å². The molecule has 3 heteroatoms. The molecule has 0 aromatic carbocycles. The summed E-state index contributed by atoms with van der Waals surface area (Å²) in [6.45, 7) is 2.03. The number of Topliss-reactive ketones (excluding diaryl/α,β-unsaturated/α-hetero) is 1. The second-order valence-electron chi connectivity index (χ2n) is 5.01. The van der Waals surface area contributed by atoms with Gasteiger partial charge in [0, 0.05) is 11.8 Å². The minimum Gasteiger partial charge on any atom is -0.469 e. The quantitative estimate of drug-likeness (QED) is 0.621. The molecule has 2 rings (SSSR count). The Morgan fingerprint density at radius 1 is 1.47 bits per heavy atom. The van der Waals surface area contributed by atoms with Crippen molar-refractivity contribution in [3.63, 3.8) is 0 Å². The average Bonchev–Trinajstić information content (AvgIpc) is 2.62. The molecule has 0 saturated heterocycles. The summed E-state index contributed by atoms with van der Waals surface area (Å²) in [7, 11) is 1.44. The fourth-order valence-corrected chi connectivity index (χ4v) is 3.39. The van der Waals surface area contributed by atoms with E-state index in [4.69, 9.17) is 4.74 Å². The molecule has 0 amide bonds. The lowest BCUT2D eigenvalue weighted by Gasteiger charge is -2.39. The first-order chi connectivity index (χ1) is 7.09. The van der Waals surface area contributed by atoms with Crippen molar-refractivity contribution in [2.24, 2.45) is 17.3 Å². The van der Waals surface area contributed by atoms with E-state index < -0.39 is 0 Å². The fraction of sp³-hybridized carbons (Fsp3) is 0.833. The maximum absolute atomic E-state index is 11.9. The third-order valence-electron chi connectivity index (χ3n) is 4.34. The highest BCUT2D eigenvalue weighted by atomic mass is 16.5. The molecule has 0 bridgehead atoms.